The molecular formula is C23H31N5O3. The highest BCUT2D eigenvalue weighted by molar-refractivity contribution is 5.76. The Balaban J connectivity index is 1.18. The van der Waals surface area contributed by atoms with E-state index in [2.05, 4.69) is 21.0 Å². The van der Waals surface area contributed by atoms with Crippen LogP contribution in [0.2, 0.25) is 0 Å². The van der Waals surface area contributed by atoms with Gasteiger partial charge in [-0.1, -0.05) is 5.16 Å². The molecule has 1 aliphatic carbocycles. The molecule has 8 heteroatoms. The van der Waals surface area contributed by atoms with Gasteiger partial charge in [-0.25, -0.2) is 9.78 Å². The molecule has 2 aliphatic heterocycles. The molecule has 0 aromatic carbocycles. The molecule has 1 saturated carbocycles. The quantitative estimate of drug-likeness (QED) is 0.745. The van der Waals surface area contributed by atoms with Crippen molar-refractivity contribution in [3.8, 4) is 11.1 Å². The van der Waals surface area contributed by atoms with Crippen LogP contribution in [0.25, 0.3) is 11.1 Å². The maximum atomic E-state index is 11.9. The first-order valence-electron chi connectivity index (χ1n) is 11.4. The molecule has 3 fully saturated rings. The lowest BCUT2D eigenvalue weighted by Gasteiger charge is -2.48. The molecule has 1 atom stereocenters. The lowest BCUT2D eigenvalue weighted by molar-refractivity contribution is -0.00294. The summed E-state index contributed by atoms with van der Waals surface area (Å²) in [4.78, 5) is 23.5. The minimum atomic E-state index is -0.153. The molecule has 2 aromatic rings. The number of carbonyl (C=O) groups is 1. The van der Waals surface area contributed by atoms with Crippen molar-refractivity contribution >= 4 is 11.9 Å². The minimum absolute atomic E-state index is 0.153. The Labute approximate surface area is 183 Å². The summed E-state index contributed by atoms with van der Waals surface area (Å²) < 4.78 is 10.3. The van der Waals surface area contributed by atoms with Gasteiger partial charge in [0.05, 0.1) is 12.3 Å². The zero-order valence-electron chi connectivity index (χ0n) is 18.4. The first-order valence-corrected chi connectivity index (χ1v) is 11.4. The van der Waals surface area contributed by atoms with Gasteiger partial charge in [-0.15, -0.1) is 0 Å². The highest BCUT2D eigenvalue weighted by Crippen LogP contribution is 2.47. The van der Waals surface area contributed by atoms with Crippen LogP contribution in [0.15, 0.2) is 29.1 Å². The number of ether oxygens (including phenoxy) is 1. The molecule has 0 bridgehead atoms. The van der Waals surface area contributed by atoms with Crippen molar-refractivity contribution < 1.29 is 14.1 Å². The summed E-state index contributed by atoms with van der Waals surface area (Å²) in [5.41, 5.74) is 3.30. The third-order valence-corrected chi connectivity index (χ3v) is 7.21. The van der Waals surface area contributed by atoms with Gasteiger partial charge in [-0.3, -0.25) is 4.90 Å². The van der Waals surface area contributed by atoms with Gasteiger partial charge in [0.2, 0.25) is 0 Å². The van der Waals surface area contributed by atoms with E-state index >= 15 is 0 Å². The van der Waals surface area contributed by atoms with E-state index in [1.807, 2.05) is 31.0 Å². The molecular weight excluding hydrogens is 394 g/mol. The minimum Gasteiger partial charge on any atom is -0.450 e. The lowest BCUT2D eigenvalue weighted by Crippen LogP contribution is -2.58. The van der Waals surface area contributed by atoms with E-state index in [1.165, 1.54) is 19.3 Å². The van der Waals surface area contributed by atoms with Gasteiger partial charge in [-0.05, 0) is 45.2 Å². The van der Waals surface area contributed by atoms with E-state index in [0.717, 1.165) is 61.9 Å². The van der Waals surface area contributed by atoms with Crippen LogP contribution in [0.1, 0.15) is 31.9 Å². The molecule has 0 N–H and O–H groups in total. The number of nitrogens with zero attached hydrogens (tertiary/aromatic N) is 5. The number of aromatic nitrogens is 2. The Kier molecular flexibility index (Phi) is 5.33. The summed E-state index contributed by atoms with van der Waals surface area (Å²) in [6.07, 6.45) is 7.05. The molecule has 1 amide bonds. The topological polar surface area (TPSA) is 74.9 Å². The van der Waals surface area contributed by atoms with Crippen molar-refractivity contribution in [2.45, 2.75) is 39.2 Å². The highest BCUT2D eigenvalue weighted by Gasteiger charge is 2.51. The number of amides is 1. The van der Waals surface area contributed by atoms with Crippen molar-refractivity contribution in [3.05, 3.63) is 30.3 Å². The number of likely N-dealkylation sites (tertiary alicyclic amines) is 1. The highest BCUT2D eigenvalue weighted by atomic mass is 16.6. The first kappa shape index (κ1) is 20.3. The van der Waals surface area contributed by atoms with E-state index < -0.39 is 0 Å². The molecule has 4 heterocycles. The Hall–Kier alpha value is -2.61. The second-order valence-electron chi connectivity index (χ2n) is 9.16. The molecule has 5 rings (SSSR count). The van der Waals surface area contributed by atoms with Gasteiger partial charge in [0.25, 0.3) is 0 Å². The zero-order chi connectivity index (χ0) is 21.4. The number of hydrogen-bond donors (Lipinski definition) is 0. The molecule has 1 unspecified atom stereocenters. The van der Waals surface area contributed by atoms with Gasteiger partial charge in [-0.2, -0.15) is 0 Å². The van der Waals surface area contributed by atoms with Crippen LogP contribution in [-0.2, 0) is 4.74 Å². The molecule has 1 spiro atoms. The molecule has 166 valence electrons. The number of rotatable bonds is 4. The van der Waals surface area contributed by atoms with Crippen molar-refractivity contribution in [1.29, 1.82) is 0 Å². The summed E-state index contributed by atoms with van der Waals surface area (Å²) in [6.45, 7) is 10.0. The molecule has 31 heavy (non-hydrogen) atoms. The first-order chi connectivity index (χ1) is 15.1. The third kappa shape index (κ3) is 3.78. The fourth-order valence-electron chi connectivity index (χ4n) is 5.59. The van der Waals surface area contributed by atoms with Crippen molar-refractivity contribution in [2.24, 2.45) is 5.41 Å². The molecule has 8 nitrogen and oxygen atoms in total. The Morgan fingerprint density at radius 3 is 2.77 bits per heavy atom. The van der Waals surface area contributed by atoms with E-state index in [9.17, 15) is 4.79 Å². The normalized spacial score (nSPS) is 23.2. The molecule has 0 radical (unpaired) electrons. The van der Waals surface area contributed by atoms with Crippen LogP contribution in [0, 0.1) is 12.3 Å². The fraction of sp³-hybridized carbons (Fsp3) is 0.609. The number of anilines is 1. The Bertz CT molecular complexity index is 931. The van der Waals surface area contributed by atoms with Gasteiger partial charge in [0, 0.05) is 68.0 Å². The zero-order valence-corrected chi connectivity index (χ0v) is 18.4. The van der Waals surface area contributed by atoms with Crippen molar-refractivity contribution in [2.75, 3.05) is 50.8 Å². The van der Waals surface area contributed by atoms with Crippen LogP contribution in [0.3, 0.4) is 0 Å². The van der Waals surface area contributed by atoms with Crippen LogP contribution >= 0.6 is 0 Å². The van der Waals surface area contributed by atoms with Crippen LogP contribution in [-0.4, -0.2) is 78.0 Å². The molecule has 3 aliphatic rings. The van der Waals surface area contributed by atoms with Gasteiger partial charge in [0.15, 0.2) is 0 Å². The van der Waals surface area contributed by atoms with Crippen LogP contribution in [0.5, 0.6) is 0 Å². The average molecular weight is 426 g/mol. The summed E-state index contributed by atoms with van der Waals surface area (Å²) in [6, 6.07) is 4.69. The maximum Gasteiger partial charge on any atom is 0.409 e. The van der Waals surface area contributed by atoms with Crippen molar-refractivity contribution in [3.63, 3.8) is 0 Å². The van der Waals surface area contributed by atoms with Crippen LogP contribution < -0.4 is 4.90 Å². The summed E-state index contributed by atoms with van der Waals surface area (Å²) >= 11 is 0. The SMILES string of the molecule is CCOC(=O)N1CC2(CCC(N3CCN(c4ncccc4-c4conc4C)CC3)C2)C1. The number of pyridine rings is 1. The number of piperazine rings is 1. The maximum absolute atomic E-state index is 11.9. The molecule has 2 aromatic heterocycles. The van der Waals surface area contributed by atoms with E-state index in [4.69, 9.17) is 14.2 Å². The largest absolute Gasteiger partial charge is 0.450 e. The predicted molar refractivity (Wildman–Crippen MR) is 117 cm³/mol. The van der Waals surface area contributed by atoms with E-state index in [-0.39, 0.29) is 6.09 Å². The molecule has 2 saturated heterocycles. The smallest absolute Gasteiger partial charge is 0.409 e. The summed E-state index contributed by atoms with van der Waals surface area (Å²) in [5, 5.41) is 4.04. The Morgan fingerprint density at radius 1 is 1.26 bits per heavy atom. The standard InChI is InChI=1S/C23H31N5O3/c1-3-30-22(29)28-15-23(16-28)7-6-18(13-23)26-9-11-27(12-10-26)21-19(5-4-8-24-21)20-14-31-25-17(20)2/h4-5,8,14,18H,3,6-7,9-13,15-16H2,1-2H3. The Morgan fingerprint density at radius 2 is 2.06 bits per heavy atom. The van der Waals surface area contributed by atoms with E-state index in [0.29, 0.717) is 18.1 Å². The predicted octanol–water partition coefficient (Wildman–Crippen LogP) is 3.18. The summed E-state index contributed by atoms with van der Waals surface area (Å²) in [5.74, 6) is 1.01. The second-order valence-corrected chi connectivity index (χ2v) is 9.16. The fourth-order valence-corrected chi connectivity index (χ4v) is 5.59. The number of aryl methyl sites for hydroxylation is 1. The van der Waals surface area contributed by atoms with Gasteiger partial charge >= 0.3 is 6.09 Å². The second kappa shape index (κ2) is 8.15. The van der Waals surface area contributed by atoms with Crippen LogP contribution in [0.4, 0.5) is 10.6 Å². The third-order valence-electron chi connectivity index (χ3n) is 7.21. The monoisotopic (exact) mass is 425 g/mol. The lowest BCUT2D eigenvalue weighted by atomic mass is 9.78. The van der Waals surface area contributed by atoms with E-state index in [1.54, 1.807) is 6.26 Å². The van der Waals surface area contributed by atoms with Gasteiger partial charge in [0.1, 0.15) is 12.1 Å². The number of hydrogen-bond acceptors (Lipinski definition) is 7. The number of carbonyl (C=O) groups excluding carboxylic acids is 1. The average Bonchev–Trinajstić information content (AvgIpc) is 3.40. The van der Waals surface area contributed by atoms with Gasteiger partial charge < -0.3 is 19.1 Å². The van der Waals surface area contributed by atoms with Crippen molar-refractivity contribution in [1.82, 2.24) is 19.9 Å². The summed E-state index contributed by atoms with van der Waals surface area (Å²) in [7, 11) is 0.